The van der Waals surface area contributed by atoms with Crippen LogP contribution in [0.5, 0.6) is 0 Å². The van der Waals surface area contributed by atoms with E-state index >= 15 is 0 Å². The van der Waals surface area contributed by atoms with Crippen LogP contribution in [0.3, 0.4) is 0 Å². The Hall–Kier alpha value is 0.946. The molecule has 0 heterocycles. The fraction of sp³-hybridized carbons (Fsp3) is 0.400. The first-order valence-electron chi connectivity index (χ1n) is 4.40. The van der Waals surface area contributed by atoms with Crippen LogP contribution in [0, 0.1) is 6.07 Å². The Morgan fingerprint density at radius 1 is 1.31 bits per heavy atom. The quantitative estimate of drug-likeness (QED) is 0.725. The van der Waals surface area contributed by atoms with Crippen molar-refractivity contribution in [3.63, 3.8) is 0 Å². The maximum Gasteiger partial charge on any atom is 0.560 e. The molecule has 0 saturated carbocycles. The Balaban J connectivity index is 0.000000424. The van der Waals surface area contributed by atoms with Crippen LogP contribution in [-0.2, 0) is 12.8 Å². The molecule has 0 saturated heterocycles. The molecular weight excluding hydrogens is 304 g/mol. The van der Waals surface area contributed by atoms with Gasteiger partial charge in [0.05, 0.1) is 0 Å². The zero-order chi connectivity index (χ0) is 10.1. The van der Waals surface area contributed by atoms with E-state index in [-0.39, 0.29) is 16.0 Å². The van der Waals surface area contributed by atoms with Crippen LogP contribution in [0.4, 0.5) is 0 Å². The van der Waals surface area contributed by atoms with Crippen LogP contribution in [0.2, 0.25) is 0 Å². The van der Waals surface area contributed by atoms with Crippen LogP contribution in [-0.4, -0.2) is 16.0 Å². The van der Waals surface area contributed by atoms with E-state index in [9.17, 15) is 0 Å². The van der Waals surface area contributed by atoms with Crippen LogP contribution in [0.15, 0.2) is 18.2 Å². The Labute approximate surface area is 103 Å². The van der Waals surface area contributed by atoms with Gasteiger partial charge in [-0.25, -0.2) is 0 Å². The SMILES string of the molecule is CCc1[c]cccc1CC.[Br][Mg][Br]. The summed E-state index contributed by atoms with van der Waals surface area (Å²) < 4.78 is 0. The van der Waals surface area contributed by atoms with E-state index in [1.807, 2.05) is 6.07 Å². The number of hydrogen-bond acceptors (Lipinski definition) is 0. The van der Waals surface area contributed by atoms with E-state index < -0.39 is 0 Å². The Kier molecular flexibility index (Phi) is 10.2. The number of hydrogen-bond donors (Lipinski definition) is 0. The van der Waals surface area contributed by atoms with Crippen LogP contribution >= 0.6 is 25.8 Å². The largest absolute Gasteiger partial charge is 0.560 e. The lowest BCUT2D eigenvalue weighted by Gasteiger charge is -2.01. The molecule has 1 aromatic rings. The van der Waals surface area contributed by atoms with Crippen molar-refractivity contribution < 1.29 is 0 Å². The maximum atomic E-state index is 3.24. The van der Waals surface area contributed by atoms with E-state index in [1.165, 1.54) is 11.1 Å². The van der Waals surface area contributed by atoms with Gasteiger partial charge in [0, 0.05) is 0 Å². The van der Waals surface area contributed by atoms with E-state index in [4.69, 9.17) is 0 Å². The minimum absolute atomic E-state index is 0.0417. The summed E-state index contributed by atoms with van der Waals surface area (Å²) >= 11 is 6.44. The molecule has 1 rings (SSSR count). The van der Waals surface area contributed by atoms with Gasteiger partial charge in [-0.2, -0.15) is 0 Å². The number of rotatable bonds is 2. The highest BCUT2D eigenvalue weighted by Crippen LogP contribution is 2.08. The van der Waals surface area contributed by atoms with Crippen molar-refractivity contribution in [2.75, 3.05) is 0 Å². The first-order valence-corrected chi connectivity index (χ1v) is 12.2. The summed E-state index contributed by atoms with van der Waals surface area (Å²) in [7, 11) is 0. The molecule has 0 aliphatic carbocycles. The van der Waals surface area contributed by atoms with Crippen molar-refractivity contribution in [2.24, 2.45) is 0 Å². The van der Waals surface area contributed by atoms with Crippen molar-refractivity contribution in [3.8, 4) is 0 Å². The van der Waals surface area contributed by atoms with E-state index in [2.05, 4.69) is 57.8 Å². The Morgan fingerprint density at radius 2 is 1.92 bits per heavy atom. The van der Waals surface area contributed by atoms with Crippen molar-refractivity contribution >= 4 is 41.8 Å². The van der Waals surface area contributed by atoms with E-state index in [0.717, 1.165) is 12.8 Å². The highest BCUT2D eigenvalue weighted by atomic mass is 79.9. The number of aryl methyl sites for hydroxylation is 2. The summed E-state index contributed by atoms with van der Waals surface area (Å²) in [4.78, 5) is 0. The average molecular weight is 317 g/mol. The lowest BCUT2D eigenvalue weighted by molar-refractivity contribution is 1.03. The molecule has 0 unspecified atom stereocenters. The van der Waals surface area contributed by atoms with Gasteiger partial charge in [-0.15, -0.1) is 0 Å². The second kappa shape index (κ2) is 9.50. The van der Waals surface area contributed by atoms with E-state index in [1.54, 1.807) is 0 Å². The van der Waals surface area contributed by atoms with Crippen molar-refractivity contribution in [1.82, 2.24) is 0 Å². The van der Waals surface area contributed by atoms with Gasteiger partial charge in [0.15, 0.2) is 0 Å². The lowest BCUT2D eigenvalue weighted by atomic mass is 10.0. The fourth-order valence-electron chi connectivity index (χ4n) is 1.17. The molecule has 0 atom stereocenters. The van der Waals surface area contributed by atoms with Gasteiger partial charge >= 0.3 is 16.0 Å². The molecule has 13 heavy (non-hydrogen) atoms. The summed E-state index contributed by atoms with van der Waals surface area (Å²) in [6, 6.07) is 9.45. The van der Waals surface area contributed by atoms with Gasteiger partial charge in [0.1, 0.15) is 0 Å². The highest BCUT2D eigenvalue weighted by Gasteiger charge is 1.94. The summed E-state index contributed by atoms with van der Waals surface area (Å²) in [6.45, 7) is 4.35. The first-order chi connectivity index (χ1) is 6.29. The van der Waals surface area contributed by atoms with Gasteiger partial charge in [-0.1, -0.05) is 32.0 Å². The standard InChI is InChI=1S/C10H13.2BrH.Mg/c1-3-9-7-5-6-8-10(9)4-2;;;/h5-7H,3-4H2,1-2H3;2*1H;/q;;;+2/p-2. The Bertz CT molecular complexity index is 203. The molecule has 3 heteroatoms. The predicted molar refractivity (Wildman–Crippen MR) is 67.6 cm³/mol. The highest BCUT2D eigenvalue weighted by molar-refractivity contribution is 9.47. The Morgan fingerprint density at radius 3 is 2.31 bits per heavy atom. The van der Waals surface area contributed by atoms with Gasteiger partial charge in [0.2, 0.25) is 0 Å². The lowest BCUT2D eigenvalue weighted by Crippen LogP contribution is -1.88. The van der Waals surface area contributed by atoms with Crippen LogP contribution < -0.4 is 0 Å². The molecule has 0 amide bonds. The zero-order valence-electron chi connectivity index (χ0n) is 8.11. The van der Waals surface area contributed by atoms with Gasteiger partial charge in [0.25, 0.3) is 0 Å². The maximum absolute atomic E-state index is 3.24. The topological polar surface area (TPSA) is 0 Å². The third kappa shape index (κ3) is 6.10. The zero-order valence-corrected chi connectivity index (χ0v) is 12.7. The average Bonchev–Trinajstić information content (AvgIpc) is 2.19. The molecule has 0 aliphatic heterocycles. The van der Waals surface area contributed by atoms with Crippen LogP contribution in [0.25, 0.3) is 0 Å². The molecular formula is C10H13Br2Mg. The van der Waals surface area contributed by atoms with Gasteiger partial charge in [-0.05, 0) is 30.0 Å². The van der Waals surface area contributed by atoms with Crippen molar-refractivity contribution in [1.29, 1.82) is 0 Å². The normalized spacial score (nSPS) is 8.31. The molecule has 0 bridgehead atoms. The number of benzene rings is 1. The summed E-state index contributed by atoms with van der Waals surface area (Å²) in [6.07, 6.45) is 2.23. The third-order valence-electron chi connectivity index (χ3n) is 1.77. The molecule has 0 spiro atoms. The molecule has 1 radical (unpaired) electrons. The molecule has 0 N–H and O–H groups in total. The smallest absolute Gasteiger partial charge is 0.280 e. The molecule has 0 nitrogen and oxygen atoms in total. The third-order valence-corrected chi connectivity index (χ3v) is 1.77. The molecule has 69 valence electrons. The number of halogens is 2. The monoisotopic (exact) mass is 315 g/mol. The summed E-state index contributed by atoms with van der Waals surface area (Å²) in [5.74, 6) is 0. The van der Waals surface area contributed by atoms with Crippen molar-refractivity contribution in [2.45, 2.75) is 26.7 Å². The molecule has 0 aliphatic rings. The van der Waals surface area contributed by atoms with Gasteiger partial charge in [-0.3, -0.25) is 25.8 Å². The van der Waals surface area contributed by atoms with E-state index in [0.29, 0.717) is 0 Å². The molecule has 1 aromatic carbocycles. The summed E-state index contributed by atoms with van der Waals surface area (Å²) in [5, 5.41) is 0. The minimum Gasteiger partial charge on any atom is -0.280 e. The molecule has 0 fully saturated rings. The molecule has 0 aromatic heterocycles. The predicted octanol–water partition coefficient (Wildman–Crippen LogP) is 3.92. The summed E-state index contributed by atoms with van der Waals surface area (Å²) in [5.41, 5.74) is 2.80. The second-order valence-electron chi connectivity index (χ2n) is 2.48. The van der Waals surface area contributed by atoms with Gasteiger partial charge < -0.3 is 0 Å². The van der Waals surface area contributed by atoms with Crippen molar-refractivity contribution in [3.05, 3.63) is 35.4 Å². The van der Waals surface area contributed by atoms with Crippen LogP contribution in [0.1, 0.15) is 25.0 Å². The fourth-order valence-corrected chi connectivity index (χ4v) is 1.17. The second-order valence-corrected chi connectivity index (χ2v) is 10.6. The minimum atomic E-state index is 0.0417. The first kappa shape index (κ1) is 13.9.